The molecule has 28 nitrogen and oxygen atoms in total. The van der Waals surface area contributed by atoms with E-state index in [0.29, 0.717) is 28.1 Å². The number of carbonyl (C=O) groups excluding carboxylic acids is 3. The number of aryl methyl sites for hydroxylation is 1. The van der Waals surface area contributed by atoms with Crippen molar-refractivity contribution in [2.75, 3.05) is 67.6 Å². The van der Waals surface area contributed by atoms with E-state index in [2.05, 4.69) is 68.2 Å². The molecule has 0 spiro atoms. The van der Waals surface area contributed by atoms with E-state index in [4.69, 9.17) is 32.6 Å². The number of hydrogen-bond acceptors (Lipinski definition) is 22. The number of hydrogen-bond donors (Lipinski definition) is 5. The van der Waals surface area contributed by atoms with Crippen molar-refractivity contribution in [1.29, 1.82) is 5.26 Å². The number of aromatic nitrogens is 8. The van der Waals surface area contributed by atoms with Gasteiger partial charge in [-0.15, -0.1) is 5.10 Å². The molecule has 15 rings (SSSR count). The summed E-state index contributed by atoms with van der Waals surface area (Å²) in [5.41, 5.74) is 11.9. The lowest BCUT2D eigenvalue weighted by atomic mass is 9.89. The largest absolute Gasteiger partial charge is 0.496 e. The lowest BCUT2D eigenvalue weighted by Gasteiger charge is -2.22. The number of benzene rings is 8. The number of nitrogens with zero attached hydrogens (tertiary/aromatic N) is 10. The van der Waals surface area contributed by atoms with E-state index in [1.807, 2.05) is 218 Å². The van der Waals surface area contributed by atoms with Crippen LogP contribution in [0.2, 0.25) is 0 Å². The van der Waals surface area contributed by atoms with Crippen LogP contribution in [0.15, 0.2) is 290 Å². The van der Waals surface area contributed by atoms with E-state index in [-0.39, 0.29) is 55.4 Å². The van der Waals surface area contributed by atoms with Gasteiger partial charge in [0, 0.05) is 61.8 Å². The number of sulfonamides is 2. The molecule has 0 atom stereocenters. The minimum atomic E-state index is -3.30. The second-order valence-corrected chi connectivity index (χ2v) is 29.8. The van der Waals surface area contributed by atoms with E-state index in [1.54, 1.807) is 56.2 Å². The molecule has 0 radical (unpaired) electrons. The van der Waals surface area contributed by atoms with Crippen LogP contribution in [0.3, 0.4) is 0 Å². The molecule has 30 heteroatoms. The standard InChI is InChI=1S/C16H12N2O2.C16H13NO2.C15H20N4.C14H17N3O4S.C13H15N3O4S.C11H8N2O/c19-15(13-9-5-2-6-10-13)18-16-14(11-17-20-16)12-7-3-1-4-8-12;1-18-15-10-6-5-9-13(15)14-11-17-19-16(14)12-7-3-2-4-8-12;1-3-7-13(8-4-1)11-16-15-12-17-18-19(15)14-9-5-2-6-10-14;1-17(22(2,19)20)9-8-13(18)16-14-12(10-15-21-14)11-6-4-3-5-7-11;1-21(18,19)15-8-7-12(17)16-13-11(9-14-20-13)10-5-3-2-4-6-10;1-8-11(7-13-14-8)10-4-2-9(6-12)3-5-10/h1-11H,(H,18,19);2-11H,1H3;2,5-6,9-10,12-13,16H,1,3-4,7-8,11H2;3-7,10H,8-9H2,1-2H3,(H,16,18);2-6,9,15H,7-8H2,1H3,(H,16,17);2-5,7H,1H3. The van der Waals surface area contributed by atoms with Crippen molar-refractivity contribution in [3.63, 3.8) is 0 Å². The first kappa shape index (κ1) is 83.7. The molecular weight excluding hydrogens is 1500 g/mol. The van der Waals surface area contributed by atoms with E-state index < -0.39 is 20.0 Å². The number of ether oxygens (including phenoxy) is 1. The molecule has 8 aromatic carbocycles. The van der Waals surface area contributed by atoms with Crippen LogP contribution in [0.4, 0.5) is 23.5 Å². The van der Waals surface area contributed by atoms with Crippen LogP contribution in [0.5, 0.6) is 5.75 Å². The van der Waals surface area contributed by atoms with Crippen LogP contribution in [-0.4, -0.2) is 126 Å². The summed E-state index contributed by atoms with van der Waals surface area (Å²) in [4.78, 5) is 35.7. The van der Waals surface area contributed by atoms with Crippen molar-refractivity contribution in [2.24, 2.45) is 5.92 Å². The summed E-state index contributed by atoms with van der Waals surface area (Å²) in [5.74, 6) is 4.05. The van der Waals surface area contributed by atoms with Crippen LogP contribution in [0.25, 0.3) is 72.6 Å². The van der Waals surface area contributed by atoms with Crippen molar-refractivity contribution in [3.05, 3.63) is 285 Å². The van der Waals surface area contributed by atoms with Crippen molar-refractivity contribution in [3.8, 4) is 84.5 Å². The maximum atomic E-state index is 12.1. The normalized spacial score (nSPS) is 11.7. The maximum absolute atomic E-state index is 12.1. The van der Waals surface area contributed by atoms with Gasteiger partial charge in [-0.1, -0.05) is 238 Å². The topological polar surface area (TPSA) is 377 Å². The van der Waals surface area contributed by atoms with Crippen LogP contribution in [0, 0.1) is 24.2 Å². The van der Waals surface area contributed by atoms with Crippen molar-refractivity contribution in [2.45, 2.75) is 51.9 Å². The number of rotatable bonds is 23. The third kappa shape index (κ3) is 25.7. The first-order chi connectivity index (χ1) is 55.8. The molecule has 590 valence electrons. The van der Waals surface area contributed by atoms with Gasteiger partial charge in [0.25, 0.3) is 5.91 Å². The van der Waals surface area contributed by atoms with Crippen LogP contribution in [0.1, 0.15) is 66.6 Å². The van der Waals surface area contributed by atoms with Crippen LogP contribution >= 0.6 is 0 Å². The van der Waals surface area contributed by atoms with E-state index >= 15 is 0 Å². The minimum Gasteiger partial charge on any atom is -0.496 e. The monoisotopic (exact) mass is 1590 g/mol. The third-order valence-corrected chi connectivity index (χ3v) is 19.6. The van der Waals surface area contributed by atoms with Gasteiger partial charge in [-0.25, -0.2) is 25.9 Å². The fourth-order valence-electron chi connectivity index (χ4n) is 11.5. The average molecular weight is 1590 g/mol. The predicted molar refractivity (Wildman–Crippen MR) is 439 cm³/mol. The number of anilines is 4. The Kier molecular flexibility index (Phi) is 31.0. The molecule has 6 aromatic heterocycles. The highest BCUT2D eigenvalue weighted by Gasteiger charge is 2.21. The van der Waals surface area contributed by atoms with Gasteiger partial charge >= 0.3 is 0 Å². The minimum absolute atomic E-state index is 0.00198. The molecule has 5 N–H and O–H groups in total. The molecule has 0 unspecified atom stereocenters. The molecule has 0 aliphatic heterocycles. The summed E-state index contributed by atoms with van der Waals surface area (Å²) >= 11 is 0. The molecule has 3 amide bonds. The second kappa shape index (κ2) is 42.6. The maximum Gasteiger partial charge on any atom is 0.258 e. The van der Waals surface area contributed by atoms with Crippen molar-refractivity contribution in [1.82, 2.24) is 49.8 Å². The molecule has 0 saturated heterocycles. The zero-order valence-corrected chi connectivity index (χ0v) is 65.3. The molecule has 6 heterocycles. The first-order valence-corrected chi connectivity index (χ1v) is 40.1. The van der Waals surface area contributed by atoms with Crippen LogP contribution in [-0.2, 0) is 29.6 Å². The smallest absolute Gasteiger partial charge is 0.258 e. The summed E-state index contributed by atoms with van der Waals surface area (Å²) in [7, 11) is -3.51. The molecule has 1 fully saturated rings. The molecule has 1 aliphatic carbocycles. The second-order valence-electron chi connectivity index (χ2n) is 25.8. The van der Waals surface area contributed by atoms with E-state index in [1.165, 1.54) is 51.5 Å². The quantitative estimate of drug-likeness (QED) is 0.0397. The Bertz CT molecular complexity index is 5600. The van der Waals surface area contributed by atoms with Gasteiger partial charge < -0.3 is 32.7 Å². The molecule has 1 aliphatic rings. The lowest BCUT2D eigenvalue weighted by Crippen LogP contribution is -2.29. The summed E-state index contributed by atoms with van der Waals surface area (Å²) in [5, 5.41) is 47.0. The number of para-hydroxylation sites is 2. The van der Waals surface area contributed by atoms with E-state index in [0.717, 1.165) is 108 Å². The Hall–Kier alpha value is -13.7. The zero-order valence-electron chi connectivity index (χ0n) is 63.6. The number of methoxy groups -OCH3 is 1. The van der Waals surface area contributed by atoms with Gasteiger partial charge in [-0.2, -0.15) is 9.94 Å². The van der Waals surface area contributed by atoms with E-state index in [9.17, 15) is 31.2 Å². The fraction of sp³-hybridized carbons (Fsp3) is 0.188. The summed E-state index contributed by atoms with van der Waals surface area (Å²) in [6.07, 6.45) is 18.8. The van der Waals surface area contributed by atoms with Crippen LogP contribution < -0.4 is 30.7 Å². The van der Waals surface area contributed by atoms with Gasteiger partial charge in [-0.05, 0) is 90.4 Å². The molecular formula is C85H85N15O13S2. The average Bonchev–Trinajstić information content (AvgIpc) is 1.71. The molecule has 0 bridgehead atoms. The summed E-state index contributed by atoms with van der Waals surface area (Å²) in [6.45, 7) is 3.01. The Morgan fingerprint density at radius 2 is 0.965 bits per heavy atom. The highest BCUT2D eigenvalue weighted by Crippen LogP contribution is 2.38. The van der Waals surface area contributed by atoms with Crippen molar-refractivity contribution < 1.29 is 58.6 Å². The molecule has 14 aromatic rings. The van der Waals surface area contributed by atoms with Crippen molar-refractivity contribution >= 4 is 61.2 Å². The third-order valence-electron chi connectivity index (χ3n) is 17.6. The predicted octanol–water partition coefficient (Wildman–Crippen LogP) is 16.2. The van der Waals surface area contributed by atoms with Gasteiger partial charge in [0.15, 0.2) is 5.76 Å². The molecule has 1 saturated carbocycles. The number of nitrogens with one attached hydrogen (secondary N) is 5. The van der Waals surface area contributed by atoms with Gasteiger partial charge in [0.1, 0.15) is 17.3 Å². The highest BCUT2D eigenvalue weighted by atomic mass is 32.2. The Morgan fingerprint density at radius 3 is 1.47 bits per heavy atom. The first-order valence-electron chi connectivity index (χ1n) is 36.4. The number of amides is 3. The number of nitriles is 1. The SMILES string of the molecule is CN(CCC(=O)Nc1oncc1-c1ccccc1)S(C)(=O)=O.COc1ccccc1-c1cnoc1-c1ccccc1.CS(=O)(=O)NCCC(=O)Nc1oncc1-c1ccccc1.Cc1oncc1-c1ccc(C#N)cc1.O=C(Nc1oncc1-c1ccccc1)c1ccccc1.c1ccc(-n2nncc2NCC2CCCCC2)cc1. The Labute approximate surface area is 665 Å². The van der Waals surface area contributed by atoms with Gasteiger partial charge in [0.2, 0.25) is 49.5 Å². The fourth-order valence-corrected chi connectivity index (χ4v) is 12.4. The number of carbonyl (C=O) groups is 3. The Balaban J connectivity index is 0.000000146. The Morgan fingerprint density at radius 1 is 0.513 bits per heavy atom. The summed E-state index contributed by atoms with van der Waals surface area (Å²) in [6, 6.07) is 74.6. The van der Waals surface area contributed by atoms with Gasteiger partial charge in [-0.3, -0.25) is 30.3 Å². The highest BCUT2D eigenvalue weighted by molar-refractivity contribution is 7.88. The van der Waals surface area contributed by atoms with Gasteiger partial charge in [0.05, 0.1) is 96.4 Å². The summed E-state index contributed by atoms with van der Waals surface area (Å²) < 4.78 is 80.5. The zero-order chi connectivity index (χ0) is 81.2. The lowest BCUT2D eigenvalue weighted by molar-refractivity contribution is -0.117. The molecule has 115 heavy (non-hydrogen) atoms.